The van der Waals surface area contributed by atoms with Crippen molar-refractivity contribution in [3.63, 3.8) is 0 Å². The highest BCUT2D eigenvalue weighted by atomic mass is 19.1. The minimum absolute atomic E-state index is 0.00826. The average molecular weight is 458 g/mol. The molecule has 0 spiro atoms. The number of nitrogens with zero attached hydrogens (tertiary/aromatic N) is 5. The van der Waals surface area contributed by atoms with Crippen LogP contribution in [0.2, 0.25) is 0 Å². The number of aryl methyl sites for hydroxylation is 1. The van der Waals surface area contributed by atoms with Crippen molar-refractivity contribution in [2.24, 2.45) is 0 Å². The smallest absolute Gasteiger partial charge is 0.224 e. The Hall–Kier alpha value is -4.07. The second-order valence-corrected chi connectivity index (χ2v) is 8.16. The van der Waals surface area contributed by atoms with Gasteiger partial charge in [0.2, 0.25) is 5.91 Å². The number of rotatable bonds is 6. The van der Waals surface area contributed by atoms with Gasteiger partial charge in [-0.2, -0.15) is 0 Å². The van der Waals surface area contributed by atoms with Crippen LogP contribution < -0.4 is 4.74 Å². The molecular formula is C26H24FN5O2. The lowest BCUT2D eigenvalue weighted by Gasteiger charge is -2.28. The number of pyridine rings is 1. The van der Waals surface area contributed by atoms with Crippen molar-refractivity contribution in [2.75, 3.05) is 20.2 Å². The molecule has 4 aromatic rings. The number of methoxy groups -OCH3 is 1. The van der Waals surface area contributed by atoms with Crippen molar-refractivity contribution in [3.8, 4) is 16.9 Å². The van der Waals surface area contributed by atoms with Gasteiger partial charge in [-0.1, -0.05) is 29.5 Å². The summed E-state index contributed by atoms with van der Waals surface area (Å²) in [5, 5.41) is 8.88. The second-order valence-electron chi connectivity index (χ2n) is 8.16. The van der Waals surface area contributed by atoms with Gasteiger partial charge in [-0.05, 0) is 41.1 Å². The van der Waals surface area contributed by atoms with Crippen LogP contribution in [0.3, 0.4) is 0 Å². The Balaban J connectivity index is 1.50. The number of fused-ring (bicyclic) bond motifs is 1. The molecule has 2 aromatic carbocycles. The van der Waals surface area contributed by atoms with Gasteiger partial charge in [-0.25, -0.2) is 4.39 Å². The van der Waals surface area contributed by atoms with Gasteiger partial charge in [0, 0.05) is 54.6 Å². The molecule has 0 N–H and O–H groups in total. The third-order valence-electron chi connectivity index (χ3n) is 6.15. The Morgan fingerprint density at radius 1 is 1.12 bits per heavy atom. The first-order valence-corrected chi connectivity index (χ1v) is 11.2. The number of benzene rings is 2. The molecule has 0 unspecified atom stereocenters. The molecular weight excluding hydrogens is 433 g/mol. The highest BCUT2D eigenvalue weighted by Crippen LogP contribution is 2.39. The van der Waals surface area contributed by atoms with E-state index in [1.165, 1.54) is 0 Å². The van der Waals surface area contributed by atoms with Gasteiger partial charge >= 0.3 is 0 Å². The van der Waals surface area contributed by atoms with E-state index in [4.69, 9.17) is 4.74 Å². The van der Waals surface area contributed by atoms with Gasteiger partial charge in [-0.3, -0.25) is 14.5 Å². The number of amides is 1. The van der Waals surface area contributed by atoms with Gasteiger partial charge in [-0.15, -0.1) is 5.10 Å². The lowest BCUT2D eigenvalue weighted by atomic mass is 9.91. The van der Waals surface area contributed by atoms with Crippen molar-refractivity contribution in [1.82, 2.24) is 24.9 Å². The monoisotopic (exact) mass is 457 g/mol. The molecule has 0 atom stereocenters. The van der Waals surface area contributed by atoms with Crippen LogP contribution in [0.25, 0.3) is 27.5 Å². The Morgan fingerprint density at radius 3 is 2.82 bits per heavy atom. The van der Waals surface area contributed by atoms with E-state index < -0.39 is 0 Å². The second kappa shape index (κ2) is 9.43. The maximum absolute atomic E-state index is 15.8. The number of hydrogen-bond donors (Lipinski definition) is 0. The molecule has 1 amide bonds. The maximum Gasteiger partial charge on any atom is 0.224 e. The third kappa shape index (κ3) is 4.14. The number of halogens is 1. The van der Waals surface area contributed by atoms with Crippen LogP contribution in [0.4, 0.5) is 4.39 Å². The number of carbonyl (C=O) groups is 1. The summed E-state index contributed by atoms with van der Waals surface area (Å²) in [4.78, 5) is 18.8. The first kappa shape index (κ1) is 21.8. The first-order chi connectivity index (χ1) is 16.7. The third-order valence-corrected chi connectivity index (χ3v) is 6.15. The standard InChI is InChI=1S/C26H24FN5O2/c1-34-24-7-3-2-6-20(24)22-15-21(26(27)23-16-28-10-8-19(22)23)18-5-4-12-31(17-18)25(33)9-13-32-14-11-29-30-32/h2-3,5-8,10-11,14-16H,4,9,12-13,17H2,1H3. The zero-order valence-electron chi connectivity index (χ0n) is 18.8. The molecule has 0 fully saturated rings. The van der Waals surface area contributed by atoms with Crippen LogP contribution >= 0.6 is 0 Å². The van der Waals surface area contributed by atoms with E-state index in [1.807, 2.05) is 42.5 Å². The quantitative estimate of drug-likeness (QED) is 0.431. The predicted molar refractivity (Wildman–Crippen MR) is 128 cm³/mol. The molecule has 1 aliphatic rings. The van der Waals surface area contributed by atoms with Gasteiger partial charge < -0.3 is 9.64 Å². The van der Waals surface area contributed by atoms with Crippen LogP contribution in [0, 0.1) is 5.82 Å². The number of aromatic nitrogens is 4. The topological polar surface area (TPSA) is 73.1 Å². The van der Waals surface area contributed by atoms with E-state index in [2.05, 4.69) is 15.3 Å². The minimum Gasteiger partial charge on any atom is -0.496 e. The minimum atomic E-state index is -0.329. The van der Waals surface area contributed by atoms with Gasteiger partial charge in [0.25, 0.3) is 0 Å². The summed E-state index contributed by atoms with van der Waals surface area (Å²) in [6.07, 6.45) is 9.53. The highest BCUT2D eigenvalue weighted by Gasteiger charge is 2.23. The number of carbonyl (C=O) groups excluding carboxylic acids is 1. The first-order valence-electron chi connectivity index (χ1n) is 11.2. The SMILES string of the molecule is COc1ccccc1-c1cc(C2=CCCN(C(=O)CCn3ccnn3)C2)c(F)c2cnccc12. The highest BCUT2D eigenvalue weighted by molar-refractivity contribution is 6.00. The fraction of sp³-hybridized carbons (Fsp3) is 0.231. The van der Waals surface area contributed by atoms with Gasteiger partial charge in [0.15, 0.2) is 0 Å². The number of para-hydroxylation sites is 1. The van der Waals surface area contributed by atoms with E-state index in [-0.39, 0.29) is 11.7 Å². The summed E-state index contributed by atoms with van der Waals surface area (Å²) in [6, 6.07) is 11.4. The Kier molecular flexibility index (Phi) is 6.03. The van der Waals surface area contributed by atoms with Crippen LogP contribution in [-0.2, 0) is 11.3 Å². The summed E-state index contributed by atoms with van der Waals surface area (Å²) < 4.78 is 23.0. The molecule has 0 bridgehead atoms. The van der Waals surface area contributed by atoms with Gasteiger partial charge in [0.05, 0.1) is 19.9 Å². The Bertz CT molecular complexity index is 1370. The van der Waals surface area contributed by atoms with Crippen molar-refractivity contribution in [3.05, 3.63) is 78.6 Å². The zero-order valence-corrected chi connectivity index (χ0v) is 18.8. The van der Waals surface area contributed by atoms with Crippen molar-refractivity contribution in [1.29, 1.82) is 0 Å². The van der Waals surface area contributed by atoms with Crippen LogP contribution in [0.15, 0.2) is 67.3 Å². The molecule has 0 saturated heterocycles. The van der Waals surface area contributed by atoms with Gasteiger partial charge in [0.1, 0.15) is 11.6 Å². The van der Waals surface area contributed by atoms with Crippen molar-refractivity contribution < 1.29 is 13.9 Å². The molecule has 0 saturated carbocycles. The summed E-state index contributed by atoms with van der Waals surface area (Å²) >= 11 is 0. The molecule has 0 aliphatic carbocycles. The molecule has 7 nitrogen and oxygen atoms in total. The largest absolute Gasteiger partial charge is 0.496 e. The van der Waals surface area contributed by atoms with Crippen LogP contribution in [0.1, 0.15) is 18.4 Å². The molecule has 34 heavy (non-hydrogen) atoms. The molecule has 1 aliphatic heterocycles. The van der Waals surface area contributed by atoms with E-state index in [1.54, 1.807) is 41.5 Å². The fourth-order valence-electron chi connectivity index (χ4n) is 4.43. The number of ether oxygens (including phenoxy) is 1. The normalized spacial score (nSPS) is 13.7. The molecule has 2 aromatic heterocycles. The zero-order chi connectivity index (χ0) is 23.5. The molecule has 3 heterocycles. The van der Waals surface area contributed by atoms with E-state index in [9.17, 15) is 4.79 Å². The summed E-state index contributed by atoms with van der Waals surface area (Å²) in [7, 11) is 1.62. The van der Waals surface area contributed by atoms with E-state index in [0.717, 1.165) is 22.1 Å². The van der Waals surface area contributed by atoms with E-state index >= 15 is 4.39 Å². The summed E-state index contributed by atoms with van der Waals surface area (Å²) in [5.41, 5.74) is 3.01. The Labute approximate surface area is 196 Å². The van der Waals surface area contributed by atoms with E-state index in [0.29, 0.717) is 49.2 Å². The lowest BCUT2D eigenvalue weighted by molar-refractivity contribution is -0.131. The summed E-state index contributed by atoms with van der Waals surface area (Å²) in [5.74, 6) is 0.388. The van der Waals surface area contributed by atoms with Crippen LogP contribution in [0.5, 0.6) is 5.75 Å². The van der Waals surface area contributed by atoms with Crippen LogP contribution in [-0.4, -0.2) is 51.0 Å². The lowest BCUT2D eigenvalue weighted by Crippen LogP contribution is -2.36. The predicted octanol–water partition coefficient (Wildman–Crippen LogP) is 4.35. The fourth-order valence-corrected chi connectivity index (χ4v) is 4.43. The number of hydrogen-bond acceptors (Lipinski definition) is 5. The summed E-state index contributed by atoms with van der Waals surface area (Å²) in [6.45, 7) is 1.42. The molecule has 0 radical (unpaired) electrons. The molecule has 5 rings (SSSR count). The molecule has 8 heteroatoms. The maximum atomic E-state index is 15.8. The molecule has 172 valence electrons. The average Bonchev–Trinajstić information content (AvgIpc) is 3.41. The van der Waals surface area contributed by atoms with Crippen molar-refractivity contribution >= 4 is 22.3 Å². The van der Waals surface area contributed by atoms with Crippen molar-refractivity contribution in [2.45, 2.75) is 19.4 Å². The Morgan fingerprint density at radius 2 is 2.00 bits per heavy atom.